The zero-order valence-electron chi connectivity index (χ0n) is 15.3. The first kappa shape index (κ1) is 21.1. The van der Waals surface area contributed by atoms with Gasteiger partial charge in [0.1, 0.15) is 0 Å². The number of sulfonamides is 1. The third-order valence-electron chi connectivity index (χ3n) is 3.40. The maximum absolute atomic E-state index is 12.2. The number of carbonyl (C=O) groups excluding carboxylic acids is 2. The molecule has 0 aliphatic carbocycles. The number of nitrogens with one attached hydrogen (secondary N) is 2. The summed E-state index contributed by atoms with van der Waals surface area (Å²) in [5.74, 6) is -1.39. The maximum atomic E-state index is 12.2. The van der Waals surface area contributed by atoms with Gasteiger partial charge in [0.2, 0.25) is 10.0 Å². The zero-order valence-corrected chi connectivity index (χ0v) is 16.1. The van der Waals surface area contributed by atoms with Crippen LogP contribution < -0.4 is 10.0 Å². The predicted molar refractivity (Wildman–Crippen MR) is 102 cm³/mol. The highest BCUT2D eigenvalue weighted by molar-refractivity contribution is 7.89. The van der Waals surface area contributed by atoms with Crippen molar-refractivity contribution < 1.29 is 22.7 Å². The van der Waals surface area contributed by atoms with Gasteiger partial charge in [0.05, 0.1) is 22.1 Å². The summed E-state index contributed by atoms with van der Waals surface area (Å²) in [6, 6.07) is 13.2. The van der Waals surface area contributed by atoms with E-state index in [1.165, 1.54) is 24.3 Å². The number of ether oxygens (including phenoxy) is 1. The van der Waals surface area contributed by atoms with E-state index in [1.807, 2.05) is 6.07 Å². The molecule has 0 aliphatic heterocycles. The largest absolute Gasteiger partial charge is 0.452 e. The Morgan fingerprint density at radius 3 is 2.43 bits per heavy atom. The van der Waals surface area contributed by atoms with Crippen molar-refractivity contribution in [1.82, 2.24) is 4.72 Å². The van der Waals surface area contributed by atoms with Gasteiger partial charge in [0.25, 0.3) is 5.91 Å². The second-order valence-electron chi connectivity index (χ2n) is 6.12. The Bertz CT molecular complexity index is 1010. The fourth-order valence-corrected chi connectivity index (χ4v) is 3.50. The molecule has 0 heterocycles. The molecule has 0 saturated carbocycles. The van der Waals surface area contributed by atoms with Crippen molar-refractivity contribution in [3.63, 3.8) is 0 Å². The van der Waals surface area contributed by atoms with Gasteiger partial charge < -0.3 is 10.1 Å². The highest BCUT2D eigenvalue weighted by Gasteiger charge is 2.18. The minimum Gasteiger partial charge on any atom is -0.452 e. The molecule has 0 saturated heterocycles. The molecule has 0 spiro atoms. The van der Waals surface area contributed by atoms with Gasteiger partial charge in [-0.3, -0.25) is 4.79 Å². The lowest BCUT2D eigenvalue weighted by molar-refractivity contribution is -0.119. The van der Waals surface area contributed by atoms with Crippen molar-refractivity contribution >= 4 is 27.6 Å². The fraction of sp³-hybridized carbons (Fsp3) is 0.211. The summed E-state index contributed by atoms with van der Waals surface area (Å²) in [5, 5.41) is 11.3. The smallest absolute Gasteiger partial charge is 0.338 e. The monoisotopic (exact) mass is 401 g/mol. The van der Waals surface area contributed by atoms with E-state index in [0.717, 1.165) is 0 Å². The second-order valence-corrected chi connectivity index (χ2v) is 7.83. The average molecular weight is 401 g/mol. The van der Waals surface area contributed by atoms with Gasteiger partial charge in [-0.15, -0.1) is 0 Å². The Kier molecular flexibility index (Phi) is 6.87. The van der Waals surface area contributed by atoms with Gasteiger partial charge in [-0.2, -0.15) is 5.26 Å². The Balaban J connectivity index is 1.98. The Morgan fingerprint density at radius 2 is 1.82 bits per heavy atom. The molecular formula is C19H19N3O5S. The molecule has 0 aromatic heterocycles. The number of benzene rings is 2. The first-order valence-corrected chi connectivity index (χ1v) is 9.79. The van der Waals surface area contributed by atoms with Gasteiger partial charge in [0, 0.05) is 11.7 Å². The Morgan fingerprint density at radius 1 is 1.14 bits per heavy atom. The van der Waals surface area contributed by atoms with Gasteiger partial charge in [0.15, 0.2) is 6.61 Å². The summed E-state index contributed by atoms with van der Waals surface area (Å²) in [7, 11) is -3.75. The Labute approximate surface area is 163 Å². The summed E-state index contributed by atoms with van der Waals surface area (Å²) in [6.07, 6.45) is 0. The number of nitriles is 1. The molecule has 9 heteroatoms. The highest BCUT2D eigenvalue weighted by atomic mass is 32.2. The van der Waals surface area contributed by atoms with Gasteiger partial charge >= 0.3 is 5.97 Å². The van der Waals surface area contributed by atoms with Crippen LogP contribution in [0.1, 0.15) is 29.8 Å². The standard InChI is InChI=1S/C19H19N3O5S/c1-13(2)22-28(25,26)17-5-3-4-15(10-17)19(24)27-12-18(23)21-16-8-6-14(11-20)7-9-16/h3-10,13,22H,12H2,1-2H3,(H,21,23). The number of esters is 1. The van der Waals surface area contributed by atoms with E-state index in [9.17, 15) is 18.0 Å². The summed E-state index contributed by atoms with van der Waals surface area (Å²) < 4.78 is 31.7. The molecule has 2 aromatic rings. The lowest BCUT2D eigenvalue weighted by Crippen LogP contribution is -2.30. The molecule has 2 N–H and O–H groups in total. The molecule has 146 valence electrons. The first-order valence-electron chi connectivity index (χ1n) is 8.31. The number of hydrogen-bond donors (Lipinski definition) is 2. The van der Waals surface area contributed by atoms with Crippen LogP contribution in [0.15, 0.2) is 53.4 Å². The highest BCUT2D eigenvalue weighted by Crippen LogP contribution is 2.13. The Hall–Kier alpha value is -3.22. The number of carbonyl (C=O) groups is 2. The van der Waals surface area contributed by atoms with E-state index in [4.69, 9.17) is 10.00 Å². The van der Waals surface area contributed by atoms with E-state index in [0.29, 0.717) is 11.3 Å². The fourth-order valence-electron chi connectivity index (χ4n) is 2.21. The van der Waals surface area contributed by atoms with Gasteiger partial charge in [-0.25, -0.2) is 17.9 Å². The maximum Gasteiger partial charge on any atom is 0.338 e. The van der Waals surface area contributed by atoms with E-state index < -0.39 is 28.5 Å². The number of nitrogens with zero attached hydrogens (tertiary/aromatic N) is 1. The predicted octanol–water partition coefficient (Wildman–Crippen LogP) is 2.04. The second kappa shape index (κ2) is 9.12. The molecule has 0 unspecified atom stereocenters. The van der Waals surface area contributed by atoms with E-state index in [-0.39, 0.29) is 16.5 Å². The summed E-state index contributed by atoms with van der Waals surface area (Å²) in [6.45, 7) is 2.82. The van der Waals surface area contributed by atoms with Crippen molar-refractivity contribution in [2.24, 2.45) is 0 Å². The normalized spacial score (nSPS) is 10.9. The lowest BCUT2D eigenvalue weighted by Gasteiger charge is -2.11. The van der Waals surface area contributed by atoms with Crippen molar-refractivity contribution in [3.05, 3.63) is 59.7 Å². The van der Waals surface area contributed by atoms with Crippen molar-refractivity contribution in [1.29, 1.82) is 5.26 Å². The molecule has 0 aliphatic rings. The van der Waals surface area contributed by atoms with Crippen LogP contribution in [0, 0.1) is 11.3 Å². The van der Waals surface area contributed by atoms with Crippen LogP contribution in [0.5, 0.6) is 0 Å². The van der Waals surface area contributed by atoms with Crippen molar-refractivity contribution in [3.8, 4) is 6.07 Å². The minimum absolute atomic E-state index is 0.0119. The third-order valence-corrected chi connectivity index (χ3v) is 5.06. The zero-order chi connectivity index (χ0) is 20.7. The molecule has 1 amide bonds. The summed E-state index contributed by atoms with van der Waals surface area (Å²) in [5.41, 5.74) is 0.914. The van der Waals surface area contributed by atoms with Crippen LogP contribution >= 0.6 is 0 Å². The average Bonchev–Trinajstić information content (AvgIpc) is 2.66. The summed E-state index contributed by atoms with van der Waals surface area (Å²) >= 11 is 0. The first-order chi connectivity index (χ1) is 13.2. The van der Waals surface area contributed by atoms with E-state index in [1.54, 1.807) is 38.1 Å². The van der Waals surface area contributed by atoms with Crippen LogP contribution in [0.4, 0.5) is 5.69 Å². The molecule has 0 atom stereocenters. The molecular weight excluding hydrogens is 382 g/mol. The van der Waals surface area contributed by atoms with E-state index >= 15 is 0 Å². The topological polar surface area (TPSA) is 125 Å². The van der Waals surface area contributed by atoms with Gasteiger partial charge in [-0.05, 0) is 56.3 Å². The number of anilines is 1. The van der Waals surface area contributed by atoms with E-state index in [2.05, 4.69) is 10.0 Å². The van der Waals surface area contributed by atoms with Crippen LogP contribution in [-0.4, -0.2) is 32.9 Å². The number of rotatable bonds is 7. The lowest BCUT2D eigenvalue weighted by atomic mass is 10.2. The van der Waals surface area contributed by atoms with Crippen LogP contribution in [-0.2, 0) is 19.6 Å². The number of amides is 1. The summed E-state index contributed by atoms with van der Waals surface area (Å²) in [4.78, 5) is 24.0. The van der Waals surface area contributed by atoms with Crippen LogP contribution in [0.2, 0.25) is 0 Å². The van der Waals surface area contributed by atoms with Crippen molar-refractivity contribution in [2.45, 2.75) is 24.8 Å². The molecule has 0 radical (unpaired) electrons. The van der Waals surface area contributed by atoms with Crippen molar-refractivity contribution in [2.75, 3.05) is 11.9 Å². The number of hydrogen-bond acceptors (Lipinski definition) is 6. The van der Waals surface area contributed by atoms with Crippen LogP contribution in [0.3, 0.4) is 0 Å². The SMILES string of the molecule is CC(C)NS(=O)(=O)c1cccc(C(=O)OCC(=O)Nc2ccc(C#N)cc2)c1. The molecule has 2 rings (SSSR count). The van der Waals surface area contributed by atoms with Gasteiger partial charge in [-0.1, -0.05) is 6.07 Å². The molecule has 8 nitrogen and oxygen atoms in total. The minimum atomic E-state index is -3.75. The molecule has 28 heavy (non-hydrogen) atoms. The third kappa shape index (κ3) is 5.90. The molecule has 0 bridgehead atoms. The molecule has 2 aromatic carbocycles. The molecule has 0 fully saturated rings. The quantitative estimate of drug-likeness (QED) is 0.684. The van der Waals surface area contributed by atoms with Crippen LogP contribution in [0.25, 0.3) is 0 Å².